The third kappa shape index (κ3) is 3.29. The number of nitrogens with two attached hydrogens (primary N) is 1. The Bertz CT molecular complexity index is 439. The topological polar surface area (TPSA) is 55.1 Å². The van der Waals surface area contributed by atoms with E-state index in [2.05, 4.69) is 5.32 Å². The monoisotopic (exact) mass is 308 g/mol. The average Bonchev–Trinajstić information content (AvgIpc) is 3.09. The molecule has 2 atom stereocenters. The summed E-state index contributed by atoms with van der Waals surface area (Å²) in [4.78, 5) is 11.7. The van der Waals surface area contributed by atoms with Crippen molar-refractivity contribution >= 4 is 41.5 Å². The van der Waals surface area contributed by atoms with Crippen LogP contribution in [0.5, 0.6) is 0 Å². The number of rotatable bonds is 4. The van der Waals surface area contributed by atoms with E-state index >= 15 is 0 Å². The van der Waals surface area contributed by atoms with Gasteiger partial charge in [-0.25, -0.2) is 0 Å². The lowest BCUT2D eigenvalue weighted by Gasteiger charge is -2.05. The van der Waals surface area contributed by atoms with Gasteiger partial charge in [0.05, 0.1) is 10.0 Å². The van der Waals surface area contributed by atoms with Crippen LogP contribution in [-0.4, -0.2) is 19.0 Å². The van der Waals surface area contributed by atoms with E-state index in [9.17, 15) is 4.79 Å². The molecule has 1 fully saturated rings. The molecule has 1 aromatic carbocycles. The Labute approximate surface area is 122 Å². The number of amides is 1. The van der Waals surface area contributed by atoms with Crippen LogP contribution in [0.4, 0.5) is 0 Å². The second kappa shape index (κ2) is 6.62. The predicted molar refractivity (Wildman–Crippen MR) is 76.6 cm³/mol. The third-order valence-corrected chi connectivity index (χ3v) is 3.79. The molecule has 3 N–H and O–H groups in total. The minimum absolute atomic E-state index is 0. The van der Waals surface area contributed by atoms with Gasteiger partial charge in [-0.2, -0.15) is 0 Å². The molecule has 0 saturated heterocycles. The molecule has 0 radical (unpaired) electrons. The molecule has 0 aromatic heterocycles. The summed E-state index contributed by atoms with van der Waals surface area (Å²) < 4.78 is 0. The first-order valence-electron chi connectivity index (χ1n) is 5.57. The third-order valence-electron chi connectivity index (χ3n) is 2.95. The van der Waals surface area contributed by atoms with Crippen molar-refractivity contribution in [2.24, 2.45) is 11.7 Å². The minimum atomic E-state index is 0. The number of hydrogen-bond acceptors (Lipinski definition) is 2. The smallest absolute Gasteiger partial charge is 0.223 e. The molecule has 2 unspecified atom stereocenters. The Morgan fingerprint density at radius 2 is 2.17 bits per heavy atom. The van der Waals surface area contributed by atoms with Crippen molar-refractivity contribution in [3.05, 3.63) is 33.8 Å². The van der Waals surface area contributed by atoms with E-state index < -0.39 is 0 Å². The van der Waals surface area contributed by atoms with Crippen molar-refractivity contribution in [2.75, 3.05) is 13.1 Å². The fourth-order valence-corrected chi connectivity index (χ4v) is 2.41. The molecule has 1 aromatic rings. The maximum Gasteiger partial charge on any atom is 0.223 e. The fourth-order valence-electron chi connectivity index (χ4n) is 1.96. The van der Waals surface area contributed by atoms with Crippen molar-refractivity contribution < 1.29 is 4.79 Å². The van der Waals surface area contributed by atoms with Gasteiger partial charge in [-0.05, 0) is 24.0 Å². The first-order chi connectivity index (χ1) is 8.15. The number of benzene rings is 1. The van der Waals surface area contributed by atoms with Crippen LogP contribution in [0.1, 0.15) is 17.9 Å². The second-order valence-electron chi connectivity index (χ2n) is 4.17. The van der Waals surface area contributed by atoms with Gasteiger partial charge in [0.2, 0.25) is 5.91 Å². The molecule has 0 bridgehead atoms. The predicted octanol–water partition coefficient (Wildman–Crippen LogP) is 2.59. The normalized spacial score (nSPS) is 21.1. The standard InChI is InChI=1S/C12H14Cl2N2O.ClH/c13-10-3-1-2-7(11(10)14)8-6-9(8)12(17)16-5-4-15;/h1-3,8-9H,4-6,15H2,(H,16,17);1H. The molecule has 0 spiro atoms. The Balaban J connectivity index is 0.00000162. The summed E-state index contributed by atoms with van der Waals surface area (Å²) in [5, 5.41) is 3.89. The van der Waals surface area contributed by atoms with Crippen molar-refractivity contribution in [2.45, 2.75) is 12.3 Å². The number of hydrogen-bond donors (Lipinski definition) is 2. The summed E-state index contributed by atoms with van der Waals surface area (Å²) in [5.74, 6) is 0.257. The zero-order valence-corrected chi connectivity index (χ0v) is 12.0. The summed E-state index contributed by atoms with van der Waals surface area (Å²) in [7, 11) is 0. The number of carbonyl (C=O) groups is 1. The van der Waals surface area contributed by atoms with E-state index in [0.29, 0.717) is 23.1 Å². The lowest BCUT2D eigenvalue weighted by molar-refractivity contribution is -0.122. The lowest BCUT2D eigenvalue weighted by atomic mass is 10.1. The number of halogens is 3. The molecule has 1 aliphatic carbocycles. The van der Waals surface area contributed by atoms with E-state index in [0.717, 1.165) is 12.0 Å². The molecular formula is C12H15Cl3N2O. The molecular weight excluding hydrogens is 295 g/mol. The van der Waals surface area contributed by atoms with Gasteiger partial charge in [0.25, 0.3) is 0 Å². The summed E-state index contributed by atoms with van der Waals surface area (Å²) in [6.07, 6.45) is 0.830. The highest BCUT2D eigenvalue weighted by Gasteiger charge is 2.44. The molecule has 100 valence electrons. The molecule has 1 saturated carbocycles. The fraction of sp³-hybridized carbons (Fsp3) is 0.417. The van der Waals surface area contributed by atoms with Crippen LogP contribution in [0.2, 0.25) is 10.0 Å². The van der Waals surface area contributed by atoms with E-state index in [-0.39, 0.29) is 30.2 Å². The minimum Gasteiger partial charge on any atom is -0.355 e. The SMILES string of the molecule is Cl.NCCNC(=O)C1CC1c1cccc(Cl)c1Cl. The van der Waals surface area contributed by atoms with Gasteiger partial charge in [-0.15, -0.1) is 12.4 Å². The first-order valence-corrected chi connectivity index (χ1v) is 6.32. The average molecular weight is 310 g/mol. The Hall–Kier alpha value is -0.480. The van der Waals surface area contributed by atoms with Gasteiger partial charge < -0.3 is 11.1 Å². The largest absolute Gasteiger partial charge is 0.355 e. The highest BCUT2D eigenvalue weighted by Crippen LogP contribution is 2.50. The maximum atomic E-state index is 11.7. The van der Waals surface area contributed by atoms with Gasteiger partial charge in [-0.1, -0.05) is 35.3 Å². The molecule has 2 rings (SSSR count). The molecule has 1 amide bonds. The zero-order chi connectivity index (χ0) is 12.4. The number of nitrogens with one attached hydrogen (secondary N) is 1. The lowest BCUT2D eigenvalue weighted by Crippen LogP contribution is -2.30. The van der Waals surface area contributed by atoms with Crippen LogP contribution >= 0.6 is 35.6 Å². The van der Waals surface area contributed by atoms with Gasteiger partial charge in [0.15, 0.2) is 0 Å². The van der Waals surface area contributed by atoms with Crippen LogP contribution in [-0.2, 0) is 4.79 Å². The Kier molecular flexibility index (Phi) is 5.73. The van der Waals surface area contributed by atoms with E-state index in [1.165, 1.54) is 0 Å². The van der Waals surface area contributed by atoms with Crippen molar-refractivity contribution in [1.29, 1.82) is 0 Å². The van der Waals surface area contributed by atoms with E-state index in [1.807, 2.05) is 12.1 Å². The van der Waals surface area contributed by atoms with E-state index in [4.69, 9.17) is 28.9 Å². The molecule has 6 heteroatoms. The molecule has 0 aliphatic heterocycles. The van der Waals surface area contributed by atoms with Crippen LogP contribution in [0, 0.1) is 5.92 Å². The molecule has 18 heavy (non-hydrogen) atoms. The Morgan fingerprint density at radius 3 is 2.83 bits per heavy atom. The summed E-state index contributed by atoms with van der Waals surface area (Å²) in [6, 6.07) is 5.53. The van der Waals surface area contributed by atoms with E-state index in [1.54, 1.807) is 6.07 Å². The summed E-state index contributed by atoms with van der Waals surface area (Å²) >= 11 is 12.1. The van der Waals surface area contributed by atoms with Gasteiger partial charge in [0.1, 0.15) is 0 Å². The van der Waals surface area contributed by atoms with Crippen LogP contribution in [0.25, 0.3) is 0 Å². The van der Waals surface area contributed by atoms with Crippen molar-refractivity contribution in [1.82, 2.24) is 5.32 Å². The van der Waals surface area contributed by atoms with Crippen LogP contribution < -0.4 is 11.1 Å². The second-order valence-corrected chi connectivity index (χ2v) is 4.96. The molecule has 0 heterocycles. The maximum absolute atomic E-state index is 11.7. The first kappa shape index (κ1) is 15.6. The van der Waals surface area contributed by atoms with Crippen LogP contribution in [0.15, 0.2) is 18.2 Å². The van der Waals surface area contributed by atoms with Crippen LogP contribution in [0.3, 0.4) is 0 Å². The summed E-state index contributed by atoms with van der Waals surface area (Å²) in [6.45, 7) is 0.979. The highest BCUT2D eigenvalue weighted by atomic mass is 35.5. The van der Waals surface area contributed by atoms with Gasteiger partial charge in [-0.3, -0.25) is 4.79 Å². The quantitative estimate of drug-likeness (QED) is 0.898. The highest BCUT2D eigenvalue weighted by molar-refractivity contribution is 6.42. The van der Waals surface area contributed by atoms with Crippen molar-refractivity contribution in [3.63, 3.8) is 0 Å². The molecule has 1 aliphatic rings. The van der Waals surface area contributed by atoms with Gasteiger partial charge in [0, 0.05) is 19.0 Å². The summed E-state index contributed by atoms with van der Waals surface area (Å²) in [5.41, 5.74) is 6.30. The zero-order valence-electron chi connectivity index (χ0n) is 9.66. The Morgan fingerprint density at radius 1 is 1.44 bits per heavy atom. The van der Waals surface area contributed by atoms with Crippen molar-refractivity contribution in [3.8, 4) is 0 Å². The number of carbonyl (C=O) groups excluding carboxylic acids is 1. The molecule has 3 nitrogen and oxygen atoms in total. The van der Waals surface area contributed by atoms with Gasteiger partial charge >= 0.3 is 0 Å².